The number of morpholine rings is 1. The minimum Gasteiger partial charge on any atom is -0.465 e. The number of rotatable bonds is 5. The molecule has 1 aliphatic heterocycles. The summed E-state index contributed by atoms with van der Waals surface area (Å²) in [5.41, 5.74) is -0.390. The molecule has 1 aromatic carbocycles. The lowest BCUT2D eigenvalue weighted by atomic mass is 10.2. The first-order valence-corrected chi connectivity index (χ1v) is 8.66. The van der Waals surface area contributed by atoms with Crippen LogP contribution < -0.4 is 4.72 Å². The van der Waals surface area contributed by atoms with Crippen molar-refractivity contribution >= 4 is 21.9 Å². The number of nitrogens with zero attached hydrogens (tertiary/aromatic N) is 1. The van der Waals surface area contributed by atoms with E-state index in [9.17, 15) is 18.0 Å². The van der Waals surface area contributed by atoms with E-state index in [1.807, 2.05) is 4.72 Å². The summed E-state index contributed by atoms with van der Waals surface area (Å²) in [5.74, 6) is -1.96. The van der Waals surface area contributed by atoms with E-state index in [4.69, 9.17) is 4.74 Å². The molecule has 0 aliphatic carbocycles. The topological polar surface area (TPSA) is 102 Å². The number of benzene rings is 1. The number of carbonyl (C=O) groups excluding carboxylic acids is 2. The number of nitrogens with one attached hydrogen (secondary N) is 1. The van der Waals surface area contributed by atoms with Gasteiger partial charge < -0.3 is 14.4 Å². The van der Waals surface area contributed by atoms with E-state index in [2.05, 4.69) is 4.74 Å². The molecule has 0 aromatic heterocycles. The van der Waals surface area contributed by atoms with E-state index in [1.54, 1.807) is 11.0 Å². The number of methoxy groups -OCH3 is 1. The smallest absolute Gasteiger partial charge is 0.345 e. The molecule has 1 aromatic rings. The number of hydrogen-bond acceptors (Lipinski definition) is 7. The van der Waals surface area contributed by atoms with Crippen molar-refractivity contribution in [2.75, 3.05) is 33.4 Å². The van der Waals surface area contributed by atoms with Gasteiger partial charge in [0.2, 0.25) is 0 Å². The van der Waals surface area contributed by atoms with Gasteiger partial charge >= 0.3 is 5.97 Å². The number of esters is 1. The molecule has 9 heteroatoms. The Morgan fingerprint density at radius 2 is 1.83 bits per heavy atom. The van der Waals surface area contributed by atoms with Gasteiger partial charge in [0.25, 0.3) is 15.9 Å². The number of amides is 1. The summed E-state index contributed by atoms with van der Waals surface area (Å²) >= 11 is 0. The van der Waals surface area contributed by atoms with Crippen molar-refractivity contribution in [3.8, 4) is 0 Å². The summed E-state index contributed by atoms with van der Waals surface area (Å²) < 4.78 is 36.1. The van der Waals surface area contributed by atoms with Crippen molar-refractivity contribution in [3.05, 3.63) is 42.1 Å². The molecule has 0 radical (unpaired) electrons. The van der Waals surface area contributed by atoms with Crippen molar-refractivity contribution in [2.24, 2.45) is 0 Å². The Hall–Kier alpha value is -2.39. The summed E-state index contributed by atoms with van der Waals surface area (Å²) in [7, 11) is -2.96. The zero-order valence-electron chi connectivity index (χ0n) is 13.1. The van der Waals surface area contributed by atoms with Crippen molar-refractivity contribution in [1.82, 2.24) is 9.62 Å². The van der Waals surface area contributed by atoms with Crippen LogP contribution in [0.2, 0.25) is 0 Å². The second kappa shape index (κ2) is 7.93. The van der Waals surface area contributed by atoms with Crippen LogP contribution in [0.4, 0.5) is 0 Å². The van der Waals surface area contributed by atoms with E-state index in [-0.39, 0.29) is 10.5 Å². The zero-order chi connectivity index (χ0) is 17.6. The molecule has 1 N–H and O–H groups in total. The highest BCUT2D eigenvalue weighted by Crippen LogP contribution is 2.10. The van der Waals surface area contributed by atoms with Crippen LogP contribution in [0.3, 0.4) is 0 Å². The lowest BCUT2D eigenvalue weighted by Crippen LogP contribution is -2.37. The van der Waals surface area contributed by atoms with Crippen LogP contribution in [0.15, 0.2) is 47.0 Å². The molecule has 0 atom stereocenters. The number of sulfonamides is 1. The van der Waals surface area contributed by atoms with Gasteiger partial charge in [0.1, 0.15) is 5.57 Å². The van der Waals surface area contributed by atoms with Crippen LogP contribution in [-0.4, -0.2) is 58.6 Å². The quantitative estimate of drug-likeness (QED) is 0.340. The minimum absolute atomic E-state index is 0.0751. The van der Waals surface area contributed by atoms with Crippen molar-refractivity contribution < 1.29 is 27.5 Å². The third kappa shape index (κ3) is 4.56. The van der Waals surface area contributed by atoms with Gasteiger partial charge in [-0.05, 0) is 12.1 Å². The fourth-order valence-corrected chi connectivity index (χ4v) is 3.03. The Morgan fingerprint density at radius 3 is 2.42 bits per heavy atom. The molecule has 130 valence electrons. The van der Waals surface area contributed by atoms with Gasteiger partial charge in [-0.25, -0.2) is 17.9 Å². The molecule has 0 bridgehead atoms. The van der Waals surface area contributed by atoms with Crippen LogP contribution in [0.1, 0.15) is 0 Å². The normalized spacial score (nSPS) is 15.7. The molecule has 2 rings (SSSR count). The monoisotopic (exact) mass is 354 g/mol. The maximum atomic E-state index is 12.3. The fraction of sp³-hybridized carbons (Fsp3) is 0.333. The maximum absolute atomic E-state index is 12.3. The highest BCUT2D eigenvalue weighted by atomic mass is 32.2. The molecule has 1 heterocycles. The van der Waals surface area contributed by atoms with Crippen molar-refractivity contribution in [3.63, 3.8) is 0 Å². The van der Waals surface area contributed by atoms with Crippen LogP contribution >= 0.6 is 0 Å². The summed E-state index contributed by atoms with van der Waals surface area (Å²) in [6, 6.07) is 7.41. The molecular formula is C15H18N2O6S. The predicted octanol–water partition coefficient (Wildman–Crippen LogP) is -0.119. The fourth-order valence-electron chi connectivity index (χ4n) is 2.04. The average Bonchev–Trinajstić information content (AvgIpc) is 2.60. The second-order valence-corrected chi connectivity index (χ2v) is 6.61. The molecule has 0 unspecified atom stereocenters. The molecule has 0 saturated carbocycles. The van der Waals surface area contributed by atoms with Crippen molar-refractivity contribution in [2.45, 2.75) is 4.90 Å². The molecule has 0 spiro atoms. The SMILES string of the molecule is COC(=O)/C(=C/N1CCOCC1)C(=O)NS(=O)(=O)c1ccccc1. The predicted molar refractivity (Wildman–Crippen MR) is 84.3 cm³/mol. The molecule has 1 aliphatic rings. The molecule has 1 saturated heterocycles. The van der Waals surface area contributed by atoms with Gasteiger partial charge in [0.15, 0.2) is 0 Å². The van der Waals surface area contributed by atoms with E-state index in [0.717, 1.165) is 7.11 Å². The van der Waals surface area contributed by atoms with Gasteiger partial charge in [0, 0.05) is 19.3 Å². The lowest BCUT2D eigenvalue weighted by Gasteiger charge is -2.25. The first-order valence-electron chi connectivity index (χ1n) is 7.18. The van der Waals surface area contributed by atoms with Gasteiger partial charge in [0.05, 0.1) is 25.2 Å². The summed E-state index contributed by atoms with van der Waals surface area (Å²) in [6.45, 7) is 1.88. The minimum atomic E-state index is -4.08. The van der Waals surface area contributed by atoms with Crippen molar-refractivity contribution in [1.29, 1.82) is 0 Å². The summed E-state index contributed by atoms with van der Waals surface area (Å²) in [6.07, 6.45) is 1.30. The largest absolute Gasteiger partial charge is 0.465 e. The van der Waals surface area contributed by atoms with E-state index in [0.29, 0.717) is 26.3 Å². The van der Waals surface area contributed by atoms with Gasteiger partial charge in [-0.3, -0.25) is 4.79 Å². The Bertz CT molecular complexity index is 724. The van der Waals surface area contributed by atoms with E-state index >= 15 is 0 Å². The molecule has 8 nitrogen and oxygen atoms in total. The Kier molecular flexibility index (Phi) is 5.93. The van der Waals surface area contributed by atoms with Gasteiger partial charge in [-0.1, -0.05) is 18.2 Å². The third-order valence-corrected chi connectivity index (χ3v) is 4.63. The maximum Gasteiger partial charge on any atom is 0.345 e. The summed E-state index contributed by atoms with van der Waals surface area (Å²) in [5, 5.41) is 0. The first-order chi connectivity index (χ1) is 11.4. The third-order valence-electron chi connectivity index (χ3n) is 3.29. The highest BCUT2D eigenvalue weighted by Gasteiger charge is 2.26. The standard InChI is InChI=1S/C15H18N2O6S/c1-22-15(19)13(11-17-7-9-23-10-8-17)14(18)16-24(20,21)12-5-3-2-4-6-12/h2-6,11H,7-10H2,1H3,(H,16,18)/b13-11+. The van der Waals surface area contributed by atoms with Crippen LogP contribution in [-0.2, 0) is 29.1 Å². The second-order valence-electron chi connectivity index (χ2n) is 4.93. The molecule has 1 amide bonds. The number of ether oxygens (including phenoxy) is 2. The van der Waals surface area contributed by atoms with Gasteiger partial charge in [-0.2, -0.15) is 0 Å². The number of carbonyl (C=O) groups is 2. The summed E-state index contributed by atoms with van der Waals surface area (Å²) in [4.78, 5) is 25.8. The Labute approximate surface area is 140 Å². The number of hydrogen-bond donors (Lipinski definition) is 1. The van der Waals surface area contributed by atoms with Gasteiger partial charge in [-0.15, -0.1) is 0 Å². The molecule has 1 fully saturated rings. The van der Waals surface area contributed by atoms with Crippen LogP contribution in [0.25, 0.3) is 0 Å². The zero-order valence-corrected chi connectivity index (χ0v) is 13.9. The van der Waals surface area contributed by atoms with Crippen LogP contribution in [0, 0.1) is 0 Å². The Morgan fingerprint density at radius 1 is 1.21 bits per heavy atom. The van der Waals surface area contributed by atoms with Crippen LogP contribution in [0.5, 0.6) is 0 Å². The Balaban J connectivity index is 2.22. The highest BCUT2D eigenvalue weighted by molar-refractivity contribution is 7.90. The molecular weight excluding hydrogens is 336 g/mol. The molecule has 24 heavy (non-hydrogen) atoms. The first kappa shape index (κ1) is 18.0. The van der Waals surface area contributed by atoms with E-state index in [1.165, 1.54) is 30.5 Å². The lowest BCUT2D eigenvalue weighted by molar-refractivity contribution is -0.138. The average molecular weight is 354 g/mol. The van der Waals surface area contributed by atoms with E-state index < -0.39 is 21.9 Å².